The molecule has 1 saturated carbocycles. The van der Waals surface area contributed by atoms with Crippen molar-refractivity contribution in [3.63, 3.8) is 0 Å². The Morgan fingerprint density at radius 3 is 2.75 bits per heavy atom. The van der Waals surface area contributed by atoms with Gasteiger partial charge < -0.3 is 10.8 Å². The van der Waals surface area contributed by atoms with E-state index in [1.165, 1.54) is 6.07 Å². The molecule has 1 fully saturated rings. The first kappa shape index (κ1) is 11.7. The Morgan fingerprint density at radius 1 is 1.56 bits per heavy atom. The van der Waals surface area contributed by atoms with Crippen LogP contribution >= 0.6 is 11.6 Å². The fourth-order valence-electron chi connectivity index (χ4n) is 1.82. The summed E-state index contributed by atoms with van der Waals surface area (Å²) in [6.45, 7) is 1.64. The number of aryl methyl sites for hydroxylation is 1. The molecule has 4 heteroatoms. The minimum absolute atomic E-state index is 0.144. The average molecular weight is 244 g/mol. The van der Waals surface area contributed by atoms with Crippen LogP contribution in [0.3, 0.4) is 0 Å². The van der Waals surface area contributed by atoms with Crippen molar-refractivity contribution in [1.29, 1.82) is 0 Å². The van der Waals surface area contributed by atoms with Gasteiger partial charge in [-0.3, -0.25) is 0 Å². The Kier molecular flexibility index (Phi) is 2.84. The van der Waals surface area contributed by atoms with Crippen molar-refractivity contribution >= 4 is 11.6 Å². The summed E-state index contributed by atoms with van der Waals surface area (Å²) in [6.07, 6.45) is 3.09. The summed E-state index contributed by atoms with van der Waals surface area (Å²) in [5.74, 6) is -0.514. The molecule has 0 radical (unpaired) electrons. The van der Waals surface area contributed by atoms with Gasteiger partial charge in [-0.05, 0) is 44.2 Å². The molecule has 0 atom stereocenters. The number of nitrogens with two attached hydrogens (primary N) is 1. The molecule has 1 aliphatic rings. The molecule has 0 bridgehead atoms. The van der Waals surface area contributed by atoms with Gasteiger partial charge in [-0.1, -0.05) is 11.6 Å². The molecule has 0 unspecified atom stereocenters. The van der Waals surface area contributed by atoms with Gasteiger partial charge in [-0.15, -0.1) is 0 Å². The van der Waals surface area contributed by atoms with E-state index in [9.17, 15) is 9.50 Å². The van der Waals surface area contributed by atoms with E-state index in [1.54, 1.807) is 6.92 Å². The second-order valence-electron chi connectivity index (χ2n) is 4.68. The van der Waals surface area contributed by atoms with Gasteiger partial charge in [0.2, 0.25) is 0 Å². The molecular formula is C12H15ClFNO. The number of rotatable bonds is 3. The molecule has 3 N–H and O–H groups in total. The fraction of sp³-hybridized carbons (Fsp3) is 0.500. The standard InChI is InChI=1S/C12H15ClFNO/c1-7-6-9(13)11(16)8(10(7)14)2-3-12(15)4-5-12/h6,16H,2-5,15H2,1H3. The van der Waals surface area contributed by atoms with Crippen LogP contribution < -0.4 is 5.73 Å². The van der Waals surface area contributed by atoms with Crippen LogP contribution in [0.4, 0.5) is 4.39 Å². The lowest BCUT2D eigenvalue weighted by molar-refractivity contribution is 0.453. The molecule has 1 aliphatic carbocycles. The Morgan fingerprint density at radius 2 is 2.19 bits per heavy atom. The third kappa shape index (κ3) is 2.15. The lowest BCUT2D eigenvalue weighted by Gasteiger charge is -2.12. The summed E-state index contributed by atoms with van der Waals surface area (Å²) >= 11 is 5.81. The van der Waals surface area contributed by atoms with E-state index in [1.807, 2.05) is 0 Å². The summed E-state index contributed by atoms with van der Waals surface area (Å²) in [7, 11) is 0. The van der Waals surface area contributed by atoms with Gasteiger partial charge in [-0.2, -0.15) is 0 Å². The van der Waals surface area contributed by atoms with E-state index in [-0.39, 0.29) is 22.1 Å². The Bertz CT molecular complexity index is 403. The van der Waals surface area contributed by atoms with Crippen molar-refractivity contribution in [2.24, 2.45) is 5.73 Å². The molecule has 16 heavy (non-hydrogen) atoms. The van der Waals surface area contributed by atoms with Crippen LogP contribution in [0.15, 0.2) is 6.07 Å². The zero-order valence-electron chi connectivity index (χ0n) is 9.19. The number of phenolic OH excluding ortho intramolecular Hbond substituents is 1. The highest BCUT2D eigenvalue weighted by molar-refractivity contribution is 6.32. The number of benzene rings is 1. The summed E-state index contributed by atoms with van der Waals surface area (Å²) < 4.78 is 13.8. The summed E-state index contributed by atoms with van der Waals surface area (Å²) in [4.78, 5) is 0. The number of halogens is 2. The summed E-state index contributed by atoms with van der Waals surface area (Å²) in [5, 5.41) is 9.91. The quantitative estimate of drug-likeness (QED) is 0.858. The van der Waals surface area contributed by atoms with E-state index >= 15 is 0 Å². The smallest absolute Gasteiger partial charge is 0.140 e. The number of phenols is 1. The highest BCUT2D eigenvalue weighted by Crippen LogP contribution is 2.39. The molecule has 0 amide bonds. The highest BCUT2D eigenvalue weighted by Gasteiger charge is 2.37. The maximum atomic E-state index is 13.8. The SMILES string of the molecule is Cc1cc(Cl)c(O)c(CCC2(N)CC2)c1F. The summed E-state index contributed by atoms with van der Waals surface area (Å²) in [6, 6.07) is 1.44. The molecule has 1 aromatic carbocycles. The topological polar surface area (TPSA) is 46.2 Å². The minimum Gasteiger partial charge on any atom is -0.506 e. The second kappa shape index (κ2) is 3.90. The van der Waals surface area contributed by atoms with E-state index in [0.29, 0.717) is 24.0 Å². The van der Waals surface area contributed by atoms with Gasteiger partial charge in [0.25, 0.3) is 0 Å². The summed E-state index contributed by atoms with van der Waals surface area (Å²) in [5.41, 5.74) is 6.54. The molecule has 0 aromatic heterocycles. The third-order valence-corrected chi connectivity index (χ3v) is 3.52. The van der Waals surface area contributed by atoms with Crippen molar-refractivity contribution in [1.82, 2.24) is 0 Å². The monoisotopic (exact) mass is 243 g/mol. The van der Waals surface area contributed by atoms with Crippen LogP contribution in [-0.2, 0) is 6.42 Å². The van der Waals surface area contributed by atoms with Crippen LogP contribution in [0.5, 0.6) is 5.75 Å². The van der Waals surface area contributed by atoms with Crippen LogP contribution in [0, 0.1) is 12.7 Å². The van der Waals surface area contributed by atoms with Crippen molar-refractivity contribution < 1.29 is 9.50 Å². The molecule has 1 aromatic rings. The lowest BCUT2D eigenvalue weighted by Crippen LogP contribution is -2.22. The van der Waals surface area contributed by atoms with Crippen LogP contribution in [0.2, 0.25) is 5.02 Å². The Balaban J connectivity index is 2.24. The van der Waals surface area contributed by atoms with Gasteiger partial charge in [0.1, 0.15) is 11.6 Å². The van der Waals surface area contributed by atoms with Gasteiger partial charge in [0, 0.05) is 11.1 Å². The Hall–Kier alpha value is -0.800. The molecule has 0 heterocycles. The fourth-order valence-corrected chi connectivity index (χ4v) is 2.10. The van der Waals surface area contributed by atoms with Crippen molar-refractivity contribution in [2.45, 2.75) is 38.1 Å². The van der Waals surface area contributed by atoms with E-state index < -0.39 is 0 Å². The van der Waals surface area contributed by atoms with Crippen LogP contribution in [0.1, 0.15) is 30.4 Å². The zero-order valence-corrected chi connectivity index (χ0v) is 9.94. The second-order valence-corrected chi connectivity index (χ2v) is 5.09. The van der Waals surface area contributed by atoms with E-state index in [4.69, 9.17) is 17.3 Å². The maximum Gasteiger partial charge on any atom is 0.140 e. The maximum absolute atomic E-state index is 13.8. The van der Waals surface area contributed by atoms with Crippen LogP contribution in [0.25, 0.3) is 0 Å². The van der Waals surface area contributed by atoms with Crippen LogP contribution in [-0.4, -0.2) is 10.6 Å². The van der Waals surface area contributed by atoms with Gasteiger partial charge >= 0.3 is 0 Å². The van der Waals surface area contributed by atoms with Crippen molar-refractivity contribution in [2.75, 3.05) is 0 Å². The van der Waals surface area contributed by atoms with Gasteiger partial charge in [0.05, 0.1) is 5.02 Å². The predicted molar refractivity (Wildman–Crippen MR) is 62.3 cm³/mol. The third-order valence-electron chi connectivity index (χ3n) is 3.23. The number of hydrogen-bond acceptors (Lipinski definition) is 2. The normalized spacial score (nSPS) is 17.5. The van der Waals surface area contributed by atoms with E-state index in [2.05, 4.69) is 0 Å². The molecular weight excluding hydrogens is 229 g/mol. The molecule has 88 valence electrons. The average Bonchev–Trinajstić information content (AvgIpc) is 2.94. The Labute approximate surface area is 99.2 Å². The highest BCUT2D eigenvalue weighted by atomic mass is 35.5. The number of aromatic hydroxyl groups is 1. The molecule has 0 aliphatic heterocycles. The van der Waals surface area contributed by atoms with Gasteiger partial charge in [-0.25, -0.2) is 4.39 Å². The minimum atomic E-state index is -0.369. The van der Waals surface area contributed by atoms with E-state index in [0.717, 1.165) is 12.8 Å². The first-order valence-electron chi connectivity index (χ1n) is 5.38. The van der Waals surface area contributed by atoms with Crippen molar-refractivity contribution in [3.05, 3.63) is 28.0 Å². The first-order chi connectivity index (χ1) is 7.43. The largest absolute Gasteiger partial charge is 0.506 e. The number of hydrogen-bond donors (Lipinski definition) is 2. The molecule has 0 saturated heterocycles. The van der Waals surface area contributed by atoms with Crippen molar-refractivity contribution in [3.8, 4) is 5.75 Å². The predicted octanol–water partition coefficient (Wildman–Crippen LogP) is 2.92. The zero-order chi connectivity index (χ0) is 11.9. The lowest BCUT2D eigenvalue weighted by atomic mass is 10.0. The molecule has 2 nitrogen and oxygen atoms in total. The molecule has 2 rings (SSSR count). The first-order valence-corrected chi connectivity index (χ1v) is 5.76. The molecule has 0 spiro atoms. The van der Waals surface area contributed by atoms with Gasteiger partial charge in [0.15, 0.2) is 0 Å².